The summed E-state index contributed by atoms with van der Waals surface area (Å²) in [6.07, 6.45) is 1.56. The number of carbonyl (C=O) groups excluding carboxylic acids is 2. The molecule has 0 unspecified atom stereocenters. The average Bonchev–Trinajstić information content (AvgIpc) is 2.67. The first kappa shape index (κ1) is 19.2. The maximum Gasteiger partial charge on any atom is 0.253 e. The summed E-state index contributed by atoms with van der Waals surface area (Å²) in [6, 6.07) is 12.7. The number of amides is 2. The van der Waals surface area contributed by atoms with Crippen molar-refractivity contribution in [2.45, 2.75) is 19.8 Å². The normalized spacial score (nSPS) is 16.7. The first-order chi connectivity index (χ1) is 13.0. The van der Waals surface area contributed by atoms with Crippen LogP contribution in [0, 0.1) is 12.8 Å². The lowest BCUT2D eigenvalue weighted by Crippen LogP contribution is -2.43. The van der Waals surface area contributed by atoms with Gasteiger partial charge < -0.3 is 15.0 Å². The third kappa shape index (κ3) is 4.61. The van der Waals surface area contributed by atoms with Crippen molar-refractivity contribution in [1.82, 2.24) is 4.90 Å². The van der Waals surface area contributed by atoms with Gasteiger partial charge in [0.2, 0.25) is 5.91 Å². The van der Waals surface area contributed by atoms with Crippen molar-refractivity contribution in [2.75, 3.05) is 25.5 Å². The highest BCUT2D eigenvalue weighted by Crippen LogP contribution is 2.28. The first-order valence-corrected chi connectivity index (χ1v) is 9.36. The summed E-state index contributed by atoms with van der Waals surface area (Å²) < 4.78 is 5.12. The Kier molecular flexibility index (Phi) is 6.01. The number of rotatable bonds is 4. The van der Waals surface area contributed by atoms with Crippen molar-refractivity contribution >= 4 is 29.1 Å². The second-order valence-electron chi connectivity index (χ2n) is 6.80. The molecule has 1 atom stereocenters. The molecule has 0 radical (unpaired) electrons. The molecular formula is C21H23ClN2O3. The van der Waals surface area contributed by atoms with Gasteiger partial charge in [-0.15, -0.1) is 0 Å². The number of ether oxygens (including phenoxy) is 1. The van der Waals surface area contributed by atoms with E-state index in [2.05, 4.69) is 5.32 Å². The van der Waals surface area contributed by atoms with E-state index in [0.29, 0.717) is 35.1 Å². The summed E-state index contributed by atoms with van der Waals surface area (Å²) in [7, 11) is 1.54. The number of aryl methyl sites for hydroxylation is 1. The maximum atomic E-state index is 12.8. The zero-order chi connectivity index (χ0) is 19.4. The Labute approximate surface area is 164 Å². The van der Waals surface area contributed by atoms with Gasteiger partial charge in [0.05, 0.1) is 18.1 Å². The number of nitrogens with zero attached hydrogens (tertiary/aromatic N) is 1. The summed E-state index contributed by atoms with van der Waals surface area (Å²) in [5.74, 6) is 0.192. The van der Waals surface area contributed by atoms with Crippen LogP contribution in [0.1, 0.15) is 28.8 Å². The Bertz CT molecular complexity index is 853. The second kappa shape index (κ2) is 8.44. The van der Waals surface area contributed by atoms with Crippen molar-refractivity contribution in [1.29, 1.82) is 0 Å². The van der Waals surface area contributed by atoms with E-state index in [1.807, 2.05) is 31.2 Å². The molecule has 0 saturated carbocycles. The molecule has 2 aromatic carbocycles. The van der Waals surface area contributed by atoms with Gasteiger partial charge in [-0.25, -0.2) is 0 Å². The van der Waals surface area contributed by atoms with Gasteiger partial charge in [0, 0.05) is 24.3 Å². The molecule has 1 aliphatic heterocycles. The number of likely N-dealkylation sites (tertiary alicyclic amines) is 1. The third-order valence-electron chi connectivity index (χ3n) is 4.76. The van der Waals surface area contributed by atoms with E-state index in [-0.39, 0.29) is 17.7 Å². The van der Waals surface area contributed by atoms with Gasteiger partial charge in [0.25, 0.3) is 5.91 Å². The number of piperidine rings is 1. The molecule has 3 rings (SSSR count). The van der Waals surface area contributed by atoms with Gasteiger partial charge in [-0.05, 0) is 50.1 Å². The summed E-state index contributed by atoms with van der Waals surface area (Å²) in [5.41, 5.74) is 2.33. The standard InChI is InChI=1S/C21H23ClN2O3/c1-14-5-3-6-15(11-14)21(26)24-10-4-7-16(13-24)20(25)23-17-8-9-19(27-2)18(22)12-17/h3,5-6,8-9,11-12,16H,4,7,10,13H2,1-2H3,(H,23,25)/t16-/m1/s1. The van der Waals surface area contributed by atoms with Gasteiger partial charge in [0.15, 0.2) is 0 Å². The zero-order valence-corrected chi connectivity index (χ0v) is 16.3. The summed E-state index contributed by atoms with van der Waals surface area (Å²) in [4.78, 5) is 27.2. The Hall–Kier alpha value is -2.53. The summed E-state index contributed by atoms with van der Waals surface area (Å²) in [6.45, 7) is 3.05. The SMILES string of the molecule is COc1ccc(NC(=O)[C@@H]2CCCN(C(=O)c3cccc(C)c3)C2)cc1Cl. The van der Waals surface area contributed by atoms with E-state index < -0.39 is 0 Å². The lowest BCUT2D eigenvalue weighted by atomic mass is 9.96. The predicted octanol–water partition coefficient (Wildman–Crippen LogP) is 4.15. The van der Waals surface area contributed by atoms with Gasteiger partial charge in [-0.1, -0.05) is 29.3 Å². The highest BCUT2D eigenvalue weighted by Gasteiger charge is 2.29. The molecule has 0 aliphatic carbocycles. The monoisotopic (exact) mass is 386 g/mol. The van der Waals surface area contributed by atoms with E-state index in [1.165, 1.54) is 0 Å². The van der Waals surface area contributed by atoms with Crippen molar-refractivity contribution in [3.63, 3.8) is 0 Å². The van der Waals surface area contributed by atoms with Crippen LogP contribution in [0.25, 0.3) is 0 Å². The molecule has 142 valence electrons. The lowest BCUT2D eigenvalue weighted by Gasteiger charge is -2.32. The number of benzene rings is 2. The quantitative estimate of drug-likeness (QED) is 0.858. The Morgan fingerprint density at radius 1 is 1.22 bits per heavy atom. The molecule has 2 amide bonds. The van der Waals surface area contributed by atoms with E-state index in [4.69, 9.17) is 16.3 Å². The molecule has 0 spiro atoms. The lowest BCUT2D eigenvalue weighted by molar-refractivity contribution is -0.121. The largest absolute Gasteiger partial charge is 0.495 e. The smallest absolute Gasteiger partial charge is 0.253 e. The van der Waals surface area contributed by atoms with Crippen LogP contribution in [0.5, 0.6) is 5.75 Å². The van der Waals surface area contributed by atoms with Gasteiger partial charge in [-0.2, -0.15) is 0 Å². The fourth-order valence-electron chi connectivity index (χ4n) is 3.32. The number of nitrogens with one attached hydrogen (secondary N) is 1. The van der Waals surface area contributed by atoms with E-state index >= 15 is 0 Å². The van der Waals surface area contributed by atoms with Crippen LogP contribution in [0.4, 0.5) is 5.69 Å². The molecule has 5 nitrogen and oxygen atoms in total. The van der Waals surface area contributed by atoms with E-state index in [9.17, 15) is 9.59 Å². The maximum absolute atomic E-state index is 12.8. The van der Waals surface area contributed by atoms with Crippen LogP contribution in [-0.2, 0) is 4.79 Å². The zero-order valence-electron chi connectivity index (χ0n) is 15.5. The molecule has 1 N–H and O–H groups in total. The number of hydrogen-bond donors (Lipinski definition) is 1. The molecule has 27 heavy (non-hydrogen) atoms. The van der Waals surface area contributed by atoms with E-state index in [0.717, 1.165) is 18.4 Å². The van der Waals surface area contributed by atoms with Crippen molar-refractivity contribution in [2.24, 2.45) is 5.92 Å². The fourth-order valence-corrected chi connectivity index (χ4v) is 3.58. The number of anilines is 1. The Morgan fingerprint density at radius 2 is 2.04 bits per heavy atom. The van der Waals surface area contributed by atoms with Crippen LogP contribution in [0.2, 0.25) is 5.02 Å². The molecule has 1 saturated heterocycles. The third-order valence-corrected chi connectivity index (χ3v) is 5.06. The summed E-state index contributed by atoms with van der Waals surface area (Å²) in [5, 5.41) is 3.34. The van der Waals surface area contributed by atoms with Crippen LogP contribution in [0.3, 0.4) is 0 Å². The minimum Gasteiger partial charge on any atom is -0.495 e. The number of hydrogen-bond acceptors (Lipinski definition) is 3. The highest BCUT2D eigenvalue weighted by atomic mass is 35.5. The highest BCUT2D eigenvalue weighted by molar-refractivity contribution is 6.32. The molecular weight excluding hydrogens is 364 g/mol. The van der Waals surface area contributed by atoms with Crippen molar-refractivity contribution in [3.05, 3.63) is 58.6 Å². The number of halogens is 1. The van der Waals surface area contributed by atoms with Gasteiger partial charge in [0.1, 0.15) is 5.75 Å². The predicted molar refractivity (Wildman–Crippen MR) is 106 cm³/mol. The number of carbonyl (C=O) groups is 2. The summed E-state index contributed by atoms with van der Waals surface area (Å²) >= 11 is 6.11. The number of methoxy groups -OCH3 is 1. The van der Waals surface area contributed by atoms with Crippen LogP contribution in [0.15, 0.2) is 42.5 Å². The van der Waals surface area contributed by atoms with Gasteiger partial charge >= 0.3 is 0 Å². The molecule has 1 aliphatic rings. The molecule has 1 heterocycles. The minimum atomic E-state index is -0.242. The molecule has 0 aromatic heterocycles. The Morgan fingerprint density at radius 3 is 2.74 bits per heavy atom. The van der Waals surface area contributed by atoms with Crippen LogP contribution >= 0.6 is 11.6 Å². The topological polar surface area (TPSA) is 58.6 Å². The van der Waals surface area contributed by atoms with Crippen molar-refractivity contribution < 1.29 is 14.3 Å². The average molecular weight is 387 g/mol. The molecule has 1 fully saturated rings. The van der Waals surface area contributed by atoms with Gasteiger partial charge in [-0.3, -0.25) is 9.59 Å². The van der Waals surface area contributed by atoms with Crippen LogP contribution in [-0.4, -0.2) is 36.9 Å². The first-order valence-electron chi connectivity index (χ1n) is 8.98. The second-order valence-corrected chi connectivity index (χ2v) is 7.21. The molecule has 0 bridgehead atoms. The molecule has 6 heteroatoms. The minimum absolute atomic E-state index is 0.0244. The van der Waals surface area contributed by atoms with Crippen LogP contribution < -0.4 is 10.1 Å². The Balaban J connectivity index is 1.66. The van der Waals surface area contributed by atoms with E-state index in [1.54, 1.807) is 30.2 Å². The fraction of sp³-hybridized carbons (Fsp3) is 0.333. The molecule has 2 aromatic rings. The van der Waals surface area contributed by atoms with Crippen molar-refractivity contribution in [3.8, 4) is 5.75 Å².